The summed E-state index contributed by atoms with van der Waals surface area (Å²) in [6.07, 6.45) is 1.92. The number of nitrogens with zero attached hydrogens (tertiary/aromatic N) is 2. The number of benzene rings is 1. The van der Waals surface area contributed by atoms with Gasteiger partial charge in [-0.2, -0.15) is 4.98 Å². The number of rotatable bonds is 4. The maximum atomic E-state index is 5.68. The Hall–Kier alpha value is -2.08. The largest absolute Gasteiger partial charge is 0.484 e. The van der Waals surface area contributed by atoms with Crippen LogP contribution in [0.1, 0.15) is 31.5 Å². The number of hydrogen-bond donors (Lipinski definition) is 1. The van der Waals surface area contributed by atoms with E-state index in [-0.39, 0.29) is 6.61 Å². The van der Waals surface area contributed by atoms with Gasteiger partial charge in [-0.25, -0.2) is 0 Å². The quantitative estimate of drug-likeness (QED) is 0.862. The first-order valence-corrected chi connectivity index (χ1v) is 6.61. The second-order valence-corrected chi connectivity index (χ2v) is 5.06. The molecule has 3 rings (SSSR count). The highest BCUT2D eigenvalue weighted by Crippen LogP contribution is 2.33. The van der Waals surface area contributed by atoms with E-state index in [9.17, 15) is 0 Å². The van der Waals surface area contributed by atoms with Crippen LogP contribution < -0.4 is 10.5 Å². The molecule has 20 heavy (non-hydrogen) atoms. The Balaban J connectivity index is 1.65. The summed E-state index contributed by atoms with van der Waals surface area (Å²) in [5.74, 6) is 1.69. The van der Waals surface area contributed by atoms with E-state index in [1.165, 1.54) is 0 Å². The van der Waals surface area contributed by atoms with E-state index < -0.39 is 5.60 Å². The molecule has 2 N–H and O–H groups in total. The number of nitrogens with two attached hydrogens (primary N) is 1. The van der Waals surface area contributed by atoms with Gasteiger partial charge in [-0.1, -0.05) is 11.2 Å². The minimum Gasteiger partial charge on any atom is -0.484 e. The van der Waals surface area contributed by atoms with Crippen LogP contribution in [0.4, 0.5) is 5.69 Å². The number of hydrogen-bond acceptors (Lipinski definition) is 6. The molecule has 0 amide bonds. The molecule has 6 nitrogen and oxygen atoms in total. The number of anilines is 1. The van der Waals surface area contributed by atoms with Gasteiger partial charge in [0.25, 0.3) is 5.89 Å². The smallest absolute Gasteiger partial charge is 0.264 e. The van der Waals surface area contributed by atoms with Crippen molar-refractivity contribution in [3.8, 4) is 5.75 Å². The van der Waals surface area contributed by atoms with Gasteiger partial charge in [0.15, 0.2) is 6.61 Å². The molecule has 0 aliphatic carbocycles. The van der Waals surface area contributed by atoms with Gasteiger partial charge < -0.3 is 19.7 Å². The van der Waals surface area contributed by atoms with Crippen molar-refractivity contribution in [3.05, 3.63) is 36.0 Å². The predicted molar refractivity (Wildman–Crippen MR) is 72.0 cm³/mol. The first-order valence-electron chi connectivity index (χ1n) is 6.61. The van der Waals surface area contributed by atoms with Crippen LogP contribution >= 0.6 is 0 Å². The van der Waals surface area contributed by atoms with Crippen molar-refractivity contribution >= 4 is 5.69 Å². The second-order valence-electron chi connectivity index (χ2n) is 5.06. The first-order chi connectivity index (χ1) is 9.66. The van der Waals surface area contributed by atoms with Crippen LogP contribution in [0.15, 0.2) is 28.8 Å². The summed E-state index contributed by atoms with van der Waals surface area (Å²) in [5.41, 5.74) is 5.91. The Morgan fingerprint density at radius 3 is 3.10 bits per heavy atom. The highest BCUT2D eigenvalue weighted by atomic mass is 16.5. The highest BCUT2D eigenvalue weighted by molar-refractivity contribution is 5.43. The molecule has 1 atom stereocenters. The van der Waals surface area contributed by atoms with E-state index in [4.69, 9.17) is 19.7 Å². The zero-order chi connectivity index (χ0) is 14.0. The summed E-state index contributed by atoms with van der Waals surface area (Å²) < 4.78 is 16.4. The monoisotopic (exact) mass is 275 g/mol. The van der Waals surface area contributed by atoms with Gasteiger partial charge in [-0.15, -0.1) is 0 Å². The predicted octanol–water partition coefficient (Wildman–Crippen LogP) is 2.26. The van der Waals surface area contributed by atoms with Crippen molar-refractivity contribution in [3.63, 3.8) is 0 Å². The third-order valence-electron chi connectivity index (χ3n) is 3.38. The van der Waals surface area contributed by atoms with Crippen molar-refractivity contribution in [1.29, 1.82) is 0 Å². The molecule has 1 unspecified atom stereocenters. The van der Waals surface area contributed by atoms with Crippen molar-refractivity contribution in [2.75, 3.05) is 12.3 Å². The van der Waals surface area contributed by atoms with Crippen LogP contribution in [-0.2, 0) is 16.9 Å². The fourth-order valence-electron chi connectivity index (χ4n) is 2.23. The third kappa shape index (κ3) is 2.60. The lowest BCUT2D eigenvalue weighted by molar-refractivity contribution is 0.00768. The highest BCUT2D eigenvalue weighted by Gasteiger charge is 2.36. The average molecular weight is 275 g/mol. The zero-order valence-electron chi connectivity index (χ0n) is 11.3. The molecule has 2 aromatic rings. The number of aromatic nitrogens is 2. The van der Waals surface area contributed by atoms with Gasteiger partial charge in [0, 0.05) is 18.4 Å². The normalized spacial score (nSPS) is 22.1. The van der Waals surface area contributed by atoms with Gasteiger partial charge in [0.05, 0.1) is 0 Å². The molecule has 1 aliphatic rings. The molecule has 6 heteroatoms. The maximum absolute atomic E-state index is 5.68. The van der Waals surface area contributed by atoms with E-state index >= 15 is 0 Å². The van der Waals surface area contributed by atoms with Gasteiger partial charge in [-0.3, -0.25) is 0 Å². The molecule has 0 saturated carbocycles. The minimum absolute atomic E-state index is 0.215. The first kappa shape index (κ1) is 12.9. The fourth-order valence-corrected chi connectivity index (χ4v) is 2.23. The van der Waals surface area contributed by atoms with Crippen molar-refractivity contribution in [1.82, 2.24) is 10.1 Å². The van der Waals surface area contributed by atoms with Gasteiger partial charge in [0.1, 0.15) is 11.4 Å². The van der Waals surface area contributed by atoms with Gasteiger partial charge in [-0.05, 0) is 31.9 Å². The SMILES string of the molecule is CC1(c2noc(COc3cccc(N)c3)n2)CCCO1. The Morgan fingerprint density at radius 1 is 1.45 bits per heavy atom. The Morgan fingerprint density at radius 2 is 2.35 bits per heavy atom. The Kier molecular flexibility index (Phi) is 3.31. The molecule has 1 aliphatic heterocycles. The standard InChI is InChI=1S/C14H17N3O3/c1-14(6-3-7-19-14)13-16-12(20-17-13)9-18-11-5-2-4-10(15)8-11/h2,4-5,8H,3,6-7,9,15H2,1H3. The van der Waals surface area contributed by atoms with Crippen LogP contribution in [0.5, 0.6) is 5.75 Å². The molecule has 0 bridgehead atoms. The summed E-state index contributed by atoms with van der Waals surface area (Å²) in [5, 5.41) is 3.98. The van der Waals surface area contributed by atoms with Crippen molar-refractivity contribution < 1.29 is 14.0 Å². The van der Waals surface area contributed by atoms with E-state index in [0.717, 1.165) is 19.4 Å². The second kappa shape index (κ2) is 5.13. The van der Waals surface area contributed by atoms with Crippen LogP contribution in [0.3, 0.4) is 0 Å². The molecule has 1 fully saturated rings. The van der Waals surface area contributed by atoms with Crippen LogP contribution in [-0.4, -0.2) is 16.7 Å². The van der Waals surface area contributed by atoms with Crippen molar-refractivity contribution in [2.24, 2.45) is 0 Å². The Labute approximate surface area is 116 Å². The van der Waals surface area contributed by atoms with E-state index in [2.05, 4.69) is 10.1 Å². The lowest BCUT2D eigenvalue weighted by Gasteiger charge is -2.17. The topological polar surface area (TPSA) is 83.4 Å². The van der Waals surface area contributed by atoms with Crippen molar-refractivity contribution in [2.45, 2.75) is 32.0 Å². The molecule has 0 radical (unpaired) electrons. The maximum Gasteiger partial charge on any atom is 0.264 e. The average Bonchev–Trinajstić information content (AvgIpc) is 3.06. The third-order valence-corrected chi connectivity index (χ3v) is 3.38. The molecular weight excluding hydrogens is 258 g/mol. The molecule has 2 heterocycles. The summed E-state index contributed by atoms with van der Waals surface area (Å²) in [7, 11) is 0. The molecule has 1 aromatic carbocycles. The Bertz CT molecular complexity index is 591. The zero-order valence-corrected chi connectivity index (χ0v) is 11.3. The van der Waals surface area contributed by atoms with Crippen LogP contribution in [0.2, 0.25) is 0 Å². The van der Waals surface area contributed by atoms with Gasteiger partial charge in [0.2, 0.25) is 5.82 Å². The molecule has 1 aromatic heterocycles. The van der Waals surface area contributed by atoms with Gasteiger partial charge >= 0.3 is 0 Å². The van der Waals surface area contributed by atoms with E-state index in [1.54, 1.807) is 12.1 Å². The molecule has 106 valence electrons. The van der Waals surface area contributed by atoms with Crippen LogP contribution in [0.25, 0.3) is 0 Å². The fraction of sp³-hybridized carbons (Fsp3) is 0.429. The summed E-state index contributed by atoms with van der Waals surface area (Å²) in [6.45, 7) is 2.93. The lowest BCUT2D eigenvalue weighted by atomic mass is 10.0. The molecular formula is C14H17N3O3. The lowest BCUT2D eigenvalue weighted by Crippen LogP contribution is -2.21. The van der Waals surface area contributed by atoms with E-state index in [1.807, 2.05) is 19.1 Å². The summed E-state index contributed by atoms with van der Waals surface area (Å²) in [6, 6.07) is 7.21. The number of ether oxygens (including phenoxy) is 2. The molecule has 0 spiro atoms. The summed E-state index contributed by atoms with van der Waals surface area (Å²) >= 11 is 0. The molecule has 1 saturated heterocycles. The summed E-state index contributed by atoms with van der Waals surface area (Å²) in [4.78, 5) is 4.34. The minimum atomic E-state index is -0.432. The van der Waals surface area contributed by atoms with Crippen LogP contribution in [0, 0.1) is 0 Å². The van der Waals surface area contributed by atoms with E-state index in [0.29, 0.717) is 23.2 Å². The number of nitrogen functional groups attached to an aromatic ring is 1.